The van der Waals surface area contributed by atoms with Crippen molar-refractivity contribution in [2.24, 2.45) is 0 Å². The second kappa shape index (κ2) is 10.2. The molecule has 0 saturated heterocycles. The molecule has 8 nitrogen and oxygen atoms in total. The average molecular weight is 488 g/mol. The maximum absolute atomic E-state index is 14.4. The van der Waals surface area contributed by atoms with Gasteiger partial charge in [0.05, 0.1) is 43.7 Å². The summed E-state index contributed by atoms with van der Waals surface area (Å²) in [4.78, 5) is 28.9. The van der Waals surface area contributed by atoms with Crippen molar-refractivity contribution in [3.8, 4) is 5.75 Å². The Kier molecular flexibility index (Phi) is 6.62. The summed E-state index contributed by atoms with van der Waals surface area (Å²) >= 11 is 0. The molecular weight excluding hydrogens is 461 g/mol. The Bertz CT molecular complexity index is 1440. The lowest BCUT2D eigenvalue weighted by Gasteiger charge is -2.08. The van der Waals surface area contributed by atoms with Gasteiger partial charge in [-0.25, -0.2) is 4.39 Å². The predicted molar refractivity (Wildman–Crippen MR) is 131 cm³/mol. The molecular formula is C27H26FN5O3. The van der Waals surface area contributed by atoms with Crippen LogP contribution in [0.1, 0.15) is 51.6 Å². The number of pyridine rings is 2. The molecule has 3 heterocycles. The van der Waals surface area contributed by atoms with Crippen LogP contribution < -0.4 is 15.6 Å². The molecule has 1 N–H and O–H groups in total. The molecule has 1 amide bonds. The number of carbonyl (C=O) groups excluding carboxylic acids is 1. The van der Waals surface area contributed by atoms with Crippen LogP contribution in [0.5, 0.6) is 5.75 Å². The SMILES string of the molecule is COc1ccnc(CNC(=O)c2cn(Cc3ccc(Cn4ccccc4=O)cc3)nc2C2CC2)c1F. The van der Waals surface area contributed by atoms with Crippen LogP contribution >= 0.6 is 0 Å². The van der Waals surface area contributed by atoms with Crippen LogP contribution in [-0.4, -0.2) is 32.3 Å². The molecule has 0 bridgehead atoms. The van der Waals surface area contributed by atoms with E-state index in [4.69, 9.17) is 9.84 Å². The van der Waals surface area contributed by atoms with E-state index in [1.165, 1.54) is 19.4 Å². The molecule has 1 aliphatic rings. The van der Waals surface area contributed by atoms with Gasteiger partial charge >= 0.3 is 0 Å². The molecule has 1 aromatic carbocycles. The van der Waals surface area contributed by atoms with Crippen molar-refractivity contribution in [1.82, 2.24) is 24.6 Å². The Morgan fingerprint density at radius 2 is 1.86 bits per heavy atom. The van der Waals surface area contributed by atoms with E-state index in [2.05, 4.69) is 10.3 Å². The van der Waals surface area contributed by atoms with Crippen molar-refractivity contribution in [2.75, 3.05) is 7.11 Å². The van der Waals surface area contributed by atoms with Crippen LogP contribution in [0.15, 0.2) is 71.9 Å². The van der Waals surface area contributed by atoms with Crippen LogP contribution in [-0.2, 0) is 19.6 Å². The summed E-state index contributed by atoms with van der Waals surface area (Å²) in [5, 5.41) is 7.46. The first-order valence-electron chi connectivity index (χ1n) is 11.8. The van der Waals surface area contributed by atoms with Crippen LogP contribution in [0, 0.1) is 5.82 Å². The minimum absolute atomic E-state index is 0.0403. The van der Waals surface area contributed by atoms with Crippen molar-refractivity contribution in [2.45, 2.75) is 38.4 Å². The van der Waals surface area contributed by atoms with Gasteiger partial charge in [-0.3, -0.25) is 19.3 Å². The lowest BCUT2D eigenvalue weighted by atomic mass is 10.1. The number of methoxy groups -OCH3 is 1. The first-order valence-corrected chi connectivity index (χ1v) is 11.8. The van der Waals surface area contributed by atoms with E-state index in [-0.39, 0.29) is 35.4 Å². The van der Waals surface area contributed by atoms with E-state index in [0.29, 0.717) is 18.7 Å². The summed E-state index contributed by atoms with van der Waals surface area (Å²) in [6.45, 7) is 0.953. The van der Waals surface area contributed by atoms with Crippen molar-refractivity contribution < 1.29 is 13.9 Å². The zero-order valence-electron chi connectivity index (χ0n) is 19.9. The number of benzene rings is 1. The number of ether oxygens (including phenoxy) is 1. The highest BCUT2D eigenvalue weighted by atomic mass is 19.1. The quantitative estimate of drug-likeness (QED) is 0.390. The topological polar surface area (TPSA) is 91.0 Å². The van der Waals surface area contributed by atoms with Crippen molar-refractivity contribution >= 4 is 5.91 Å². The molecule has 184 valence electrons. The Balaban J connectivity index is 1.27. The maximum atomic E-state index is 14.4. The fourth-order valence-corrected chi connectivity index (χ4v) is 4.08. The van der Waals surface area contributed by atoms with E-state index < -0.39 is 5.82 Å². The first-order chi connectivity index (χ1) is 17.5. The van der Waals surface area contributed by atoms with Gasteiger partial charge in [0.1, 0.15) is 0 Å². The Morgan fingerprint density at radius 1 is 1.11 bits per heavy atom. The number of carbonyl (C=O) groups is 1. The van der Waals surface area contributed by atoms with E-state index in [1.807, 2.05) is 30.3 Å². The molecule has 0 aliphatic heterocycles. The molecule has 1 fully saturated rings. The van der Waals surface area contributed by atoms with Gasteiger partial charge in [0.15, 0.2) is 11.6 Å². The van der Waals surface area contributed by atoms with Gasteiger partial charge < -0.3 is 14.6 Å². The largest absolute Gasteiger partial charge is 0.494 e. The maximum Gasteiger partial charge on any atom is 0.255 e. The third-order valence-electron chi connectivity index (χ3n) is 6.18. The van der Waals surface area contributed by atoms with Crippen LogP contribution in [0.2, 0.25) is 0 Å². The van der Waals surface area contributed by atoms with Crippen LogP contribution in [0.3, 0.4) is 0 Å². The van der Waals surface area contributed by atoms with E-state index >= 15 is 0 Å². The Hall–Kier alpha value is -4.27. The summed E-state index contributed by atoms with van der Waals surface area (Å²) in [5.41, 5.74) is 3.39. The van der Waals surface area contributed by atoms with Gasteiger partial charge in [-0.05, 0) is 30.0 Å². The van der Waals surface area contributed by atoms with Crippen molar-refractivity contribution in [3.05, 3.63) is 111 Å². The van der Waals surface area contributed by atoms with Crippen molar-refractivity contribution in [1.29, 1.82) is 0 Å². The van der Waals surface area contributed by atoms with Gasteiger partial charge in [-0.2, -0.15) is 5.10 Å². The summed E-state index contributed by atoms with van der Waals surface area (Å²) < 4.78 is 22.8. The molecule has 0 spiro atoms. The van der Waals surface area contributed by atoms with Gasteiger partial charge in [-0.1, -0.05) is 30.3 Å². The molecule has 0 unspecified atom stereocenters. The summed E-state index contributed by atoms with van der Waals surface area (Å²) in [5.74, 6) is -0.539. The van der Waals surface area contributed by atoms with E-state index in [9.17, 15) is 14.0 Å². The van der Waals surface area contributed by atoms with Gasteiger partial charge in [-0.15, -0.1) is 0 Å². The Morgan fingerprint density at radius 3 is 2.56 bits per heavy atom. The smallest absolute Gasteiger partial charge is 0.255 e. The zero-order valence-corrected chi connectivity index (χ0v) is 19.9. The molecule has 1 aliphatic carbocycles. The molecule has 4 aromatic rings. The molecule has 3 aromatic heterocycles. The highest BCUT2D eigenvalue weighted by Gasteiger charge is 2.31. The van der Waals surface area contributed by atoms with Crippen LogP contribution in [0.25, 0.3) is 0 Å². The third-order valence-corrected chi connectivity index (χ3v) is 6.18. The molecule has 5 rings (SSSR count). The standard InChI is InChI=1S/C27H26FN5O3/c1-36-23-11-12-29-22(25(23)28)14-30-27(35)21-17-33(31-26(21)20-9-10-20)16-19-7-5-18(6-8-19)15-32-13-3-2-4-24(32)34/h2-8,11-13,17,20H,9-10,14-16H2,1H3,(H,30,35). The number of hydrogen-bond acceptors (Lipinski definition) is 5. The summed E-state index contributed by atoms with van der Waals surface area (Å²) in [7, 11) is 1.38. The lowest BCUT2D eigenvalue weighted by molar-refractivity contribution is 0.0949. The van der Waals surface area contributed by atoms with E-state index in [1.54, 1.807) is 33.8 Å². The number of aromatic nitrogens is 4. The average Bonchev–Trinajstić information content (AvgIpc) is 3.65. The number of halogens is 1. The molecule has 0 atom stereocenters. The van der Waals surface area contributed by atoms with Gasteiger partial charge in [0.2, 0.25) is 0 Å². The Labute approximate surface area is 207 Å². The molecule has 36 heavy (non-hydrogen) atoms. The number of nitrogens with one attached hydrogen (secondary N) is 1. The van der Waals surface area contributed by atoms with Crippen LogP contribution in [0.4, 0.5) is 4.39 Å². The fraction of sp³-hybridized carbons (Fsp3) is 0.259. The third kappa shape index (κ3) is 5.19. The van der Waals surface area contributed by atoms with Gasteiger partial charge in [0.25, 0.3) is 11.5 Å². The second-order valence-corrected chi connectivity index (χ2v) is 8.84. The van der Waals surface area contributed by atoms with Crippen molar-refractivity contribution in [3.63, 3.8) is 0 Å². The number of rotatable bonds is 9. The number of nitrogens with zero attached hydrogens (tertiary/aromatic N) is 4. The van der Waals surface area contributed by atoms with Gasteiger partial charge in [0, 0.05) is 36.6 Å². The lowest BCUT2D eigenvalue weighted by Crippen LogP contribution is -2.24. The second-order valence-electron chi connectivity index (χ2n) is 8.84. The summed E-state index contributed by atoms with van der Waals surface area (Å²) in [6.07, 6.45) is 6.95. The molecule has 0 radical (unpaired) electrons. The normalized spacial score (nSPS) is 12.9. The number of hydrogen-bond donors (Lipinski definition) is 1. The summed E-state index contributed by atoms with van der Waals surface area (Å²) in [6, 6.07) is 14.5. The minimum atomic E-state index is -0.584. The monoisotopic (exact) mass is 487 g/mol. The highest BCUT2D eigenvalue weighted by Crippen LogP contribution is 2.40. The molecule has 1 saturated carbocycles. The minimum Gasteiger partial charge on any atom is -0.494 e. The predicted octanol–water partition coefficient (Wildman–Crippen LogP) is 3.49. The fourth-order valence-electron chi connectivity index (χ4n) is 4.08. The molecule has 9 heteroatoms. The zero-order chi connectivity index (χ0) is 25.1. The first kappa shape index (κ1) is 23.5. The highest BCUT2D eigenvalue weighted by molar-refractivity contribution is 5.95. The van der Waals surface area contributed by atoms with E-state index in [0.717, 1.165) is 29.7 Å². The number of amides is 1.